The molecule has 3 nitrogen and oxygen atoms in total. The summed E-state index contributed by atoms with van der Waals surface area (Å²) in [4.78, 5) is 22.6. The van der Waals surface area contributed by atoms with Crippen LogP contribution in [0.3, 0.4) is 0 Å². The van der Waals surface area contributed by atoms with Crippen LogP contribution in [0.15, 0.2) is 22.9 Å². The lowest BCUT2D eigenvalue weighted by atomic mass is 9.89. The van der Waals surface area contributed by atoms with Crippen LogP contribution in [-0.4, -0.2) is 11.7 Å². The molecule has 0 atom stereocenters. The molecule has 0 unspecified atom stereocenters. The number of hydrogen-bond donors (Lipinski definition) is 1. The maximum Gasteiger partial charge on any atom is 0.224 e. The van der Waals surface area contributed by atoms with Gasteiger partial charge in [-0.05, 0) is 18.9 Å². The third-order valence-corrected chi connectivity index (χ3v) is 2.50. The number of amides is 1. The van der Waals surface area contributed by atoms with Crippen LogP contribution in [0, 0.1) is 0 Å². The largest absolute Gasteiger partial charge is 0.329 e. The Labute approximate surface area is 76.5 Å². The number of nitrogens with one attached hydrogen (secondary N) is 1. The summed E-state index contributed by atoms with van der Waals surface area (Å²) in [6.45, 7) is 1.82. The van der Waals surface area contributed by atoms with Gasteiger partial charge in [0.15, 0.2) is 5.78 Å². The van der Waals surface area contributed by atoms with Crippen molar-refractivity contribution in [1.29, 1.82) is 0 Å². The zero-order valence-corrected chi connectivity index (χ0v) is 7.52. The van der Waals surface area contributed by atoms with Gasteiger partial charge < -0.3 is 5.32 Å². The second-order valence-corrected chi connectivity index (χ2v) is 3.43. The van der Waals surface area contributed by atoms with Crippen molar-refractivity contribution in [3.8, 4) is 0 Å². The molecule has 1 aliphatic carbocycles. The lowest BCUT2D eigenvalue weighted by Gasteiger charge is -2.22. The quantitative estimate of drug-likeness (QED) is 0.601. The molecule has 3 heteroatoms. The molecule has 2 aliphatic rings. The van der Waals surface area contributed by atoms with E-state index in [1.54, 1.807) is 0 Å². The zero-order chi connectivity index (χ0) is 9.42. The summed E-state index contributed by atoms with van der Waals surface area (Å²) in [5, 5.41) is 2.74. The molecule has 13 heavy (non-hydrogen) atoms. The van der Waals surface area contributed by atoms with E-state index in [1.807, 2.05) is 13.0 Å². The fourth-order valence-electron chi connectivity index (χ4n) is 1.71. The van der Waals surface area contributed by atoms with Gasteiger partial charge in [0.2, 0.25) is 5.91 Å². The summed E-state index contributed by atoms with van der Waals surface area (Å²) in [6, 6.07) is 0. The molecule has 1 N–H and O–H groups in total. The SMILES string of the molecule is CC1=CCC2=C(CCC(=O)N2)C1=O. The van der Waals surface area contributed by atoms with Gasteiger partial charge in [-0.3, -0.25) is 9.59 Å². The molecule has 0 spiro atoms. The standard InChI is InChI=1S/C10H11NO2/c1-6-2-4-8-7(10(6)13)3-5-9(12)11-8/h2H,3-5H2,1H3,(H,11,12). The van der Waals surface area contributed by atoms with Crippen LogP contribution in [0.2, 0.25) is 0 Å². The molecule has 0 bridgehead atoms. The van der Waals surface area contributed by atoms with Crippen molar-refractivity contribution in [2.45, 2.75) is 26.2 Å². The Morgan fingerprint density at radius 2 is 2.08 bits per heavy atom. The molecule has 0 radical (unpaired) electrons. The van der Waals surface area contributed by atoms with E-state index < -0.39 is 0 Å². The molecule has 0 saturated carbocycles. The molecule has 0 aromatic carbocycles. The smallest absolute Gasteiger partial charge is 0.224 e. The number of carbonyl (C=O) groups excluding carboxylic acids is 2. The second kappa shape index (κ2) is 2.83. The average molecular weight is 177 g/mol. The van der Waals surface area contributed by atoms with Crippen molar-refractivity contribution < 1.29 is 9.59 Å². The van der Waals surface area contributed by atoms with Crippen LogP contribution in [0.25, 0.3) is 0 Å². The molecule has 0 aromatic rings. The van der Waals surface area contributed by atoms with E-state index in [0.717, 1.165) is 16.8 Å². The minimum absolute atomic E-state index is 0.0273. The lowest BCUT2D eigenvalue weighted by Crippen LogP contribution is -2.31. The first-order valence-corrected chi connectivity index (χ1v) is 4.42. The number of allylic oxidation sites excluding steroid dienone is 3. The van der Waals surface area contributed by atoms with Crippen LogP contribution in [0.5, 0.6) is 0 Å². The highest BCUT2D eigenvalue weighted by Crippen LogP contribution is 2.26. The number of rotatable bonds is 0. The lowest BCUT2D eigenvalue weighted by molar-refractivity contribution is -0.121. The number of ketones is 1. The van der Waals surface area contributed by atoms with Gasteiger partial charge >= 0.3 is 0 Å². The molecule has 0 aromatic heterocycles. The van der Waals surface area contributed by atoms with Crippen molar-refractivity contribution in [1.82, 2.24) is 5.32 Å². The molecule has 0 saturated heterocycles. The Kier molecular flexibility index (Phi) is 1.79. The summed E-state index contributed by atoms with van der Waals surface area (Å²) in [5.74, 6) is 0.126. The summed E-state index contributed by atoms with van der Waals surface area (Å²) < 4.78 is 0. The summed E-state index contributed by atoms with van der Waals surface area (Å²) in [7, 11) is 0. The van der Waals surface area contributed by atoms with Crippen molar-refractivity contribution in [2.24, 2.45) is 0 Å². The fourth-order valence-corrected chi connectivity index (χ4v) is 1.71. The molecular weight excluding hydrogens is 166 g/mol. The Morgan fingerprint density at radius 1 is 1.31 bits per heavy atom. The van der Waals surface area contributed by atoms with E-state index >= 15 is 0 Å². The predicted octanol–water partition coefficient (Wildman–Crippen LogP) is 1.07. The van der Waals surface area contributed by atoms with Gasteiger partial charge in [0.05, 0.1) is 0 Å². The second-order valence-electron chi connectivity index (χ2n) is 3.43. The van der Waals surface area contributed by atoms with Gasteiger partial charge in [-0.1, -0.05) is 6.08 Å². The topological polar surface area (TPSA) is 46.2 Å². The Morgan fingerprint density at radius 3 is 2.85 bits per heavy atom. The number of hydrogen-bond acceptors (Lipinski definition) is 2. The molecule has 1 aliphatic heterocycles. The van der Waals surface area contributed by atoms with Gasteiger partial charge in [-0.25, -0.2) is 0 Å². The first-order chi connectivity index (χ1) is 6.18. The molecule has 1 heterocycles. The maximum absolute atomic E-state index is 11.6. The Bertz CT molecular complexity index is 350. The predicted molar refractivity (Wildman–Crippen MR) is 47.8 cm³/mol. The minimum Gasteiger partial charge on any atom is -0.329 e. The average Bonchev–Trinajstić information content (AvgIpc) is 2.12. The van der Waals surface area contributed by atoms with Crippen molar-refractivity contribution in [3.63, 3.8) is 0 Å². The monoisotopic (exact) mass is 177 g/mol. The van der Waals surface area contributed by atoms with Crippen LogP contribution in [0.1, 0.15) is 26.2 Å². The van der Waals surface area contributed by atoms with E-state index in [0.29, 0.717) is 19.3 Å². The first kappa shape index (κ1) is 8.23. The number of carbonyl (C=O) groups is 2. The third-order valence-electron chi connectivity index (χ3n) is 2.50. The van der Waals surface area contributed by atoms with Crippen molar-refractivity contribution in [3.05, 3.63) is 22.9 Å². The molecular formula is C10H11NO2. The van der Waals surface area contributed by atoms with Crippen LogP contribution in [-0.2, 0) is 9.59 Å². The molecule has 0 fully saturated rings. The van der Waals surface area contributed by atoms with Gasteiger partial charge in [0.25, 0.3) is 0 Å². The third kappa shape index (κ3) is 1.30. The highest BCUT2D eigenvalue weighted by molar-refractivity contribution is 6.10. The van der Waals surface area contributed by atoms with Gasteiger partial charge in [0.1, 0.15) is 0 Å². The van der Waals surface area contributed by atoms with E-state index in [4.69, 9.17) is 0 Å². The minimum atomic E-state index is 0.0273. The van der Waals surface area contributed by atoms with E-state index in [1.165, 1.54) is 0 Å². The summed E-state index contributed by atoms with van der Waals surface area (Å²) in [5.41, 5.74) is 2.42. The van der Waals surface area contributed by atoms with Crippen LogP contribution in [0.4, 0.5) is 0 Å². The van der Waals surface area contributed by atoms with Crippen LogP contribution < -0.4 is 5.32 Å². The van der Waals surface area contributed by atoms with Gasteiger partial charge in [-0.15, -0.1) is 0 Å². The zero-order valence-electron chi connectivity index (χ0n) is 7.52. The first-order valence-electron chi connectivity index (χ1n) is 4.42. The number of Topliss-reactive ketones (excluding diaryl/α,β-unsaturated/α-hetero) is 1. The maximum atomic E-state index is 11.6. The molecule has 2 rings (SSSR count). The molecule has 1 amide bonds. The highest BCUT2D eigenvalue weighted by Gasteiger charge is 2.25. The van der Waals surface area contributed by atoms with Crippen LogP contribution >= 0.6 is 0 Å². The van der Waals surface area contributed by atoms with E-state index in [2.05, 4.69) is 5.32 Å². The summed E-state index contributed by atoms with van der Waals surface area (Å²) >= 11 is 0. The van der Waals surface area contributed by atoms with Crippen molar-refractivity contribution >= 4 is 11.7 Å². The van der Waals surface area contributed by atoms with Gasteiger partial charge in [0, 0.05) is 24.1 Å². The fraction of sp³-hybridized carbons (Fsp3) is 0.400. The normalized spacial score (nSPS) is 22.4. The Balaban J connectivity index is 2.33. The highest BCUT2D eigenvalue weighted by atomic mass is 16.2. The molecule has 68 valence electrons. The van der Waals surface area contributed by atoms with Crippen molar-refractivity contribution in [2.75, 3.05) is 0 Å². The Hall–Kier alpha value is -1.38. The van der Waals surface area contributed by atoms with E-state index in [9.17, 15) is 9.59 Å². The van der Waals surface area contributed by atoms with Gasteiger partial charge in [-0.2, -0.15) is 0 Å². The van der Waals surface area contributed by atoms with E-state index in [-0.39, 0.29) is 11.7 Å². The summed E-state index contributed by atoms with van der Waals surface area (Å²) in [6.07, 6.45) is 3.61.